The molecule has 0 saturated heterocycles. The van der Waals surface area contributed by atoms with E-state index in [0.29, 0.717) is 17.5 Å². The van der Waals surface area contributed by atoms with E-state index >= 15 is 0 Å². The molecule has 3 aromatic rings. The third kappa shape index (κ3) is 4.68. The maximum atomic E-state index is 11.3. The molecule has 32 heavy (non-hydrogen) atoms. The van der Waals surface area contributed by atoms with Gasteiger partial charge in [0.25, 0.3) is 0 Å². The van der Waals surface area contributed by atoms with E-state index in [0.717, 1.165) is 31.2 Å². The maximum Gasteiger partial charge on any atom is 0.322 e. The number of nitrogens with one attached hydrogen (secondary N) is 1. The van der Waals surface area contributed by atoms with E-state index in [-0.39, 0.29) is 6.04 Å². The Kier molecular flexibility index (Phi) is 6.56. The van der Waals surface area contributed by atoms with Crippen molar-refractivity contribution in [1.82, 2.24) is 5.32 Å². The molecule has 4 rings (SSSR count). The first-order chi connectivity index (χ1) is 15.4. The SMILES string of the molecule is CC(NC1CCCC(c2ccc(C(C(=O)O)C(=O)O)cc2)C1)c1cccc2ccccc12. The maximum absolute atomic E-state index is 11.3. The fourth-order valence-corrected chi connectivity index (χ4v) is 5.07. The van der Waals surface area contributed by atoms with Crippen LogP contribution in [-0.2, 0) is 9.59 Å². The standard InChI is InChI=1S/C27H29NO4/c1-17(23-11-5-7-19-6-2-3-10-24(19)23)28-22-9-4-8-21(16-22)18-12-14-20(15-13-18)25(26(29)30)27(31)32/h2-3,5-7,10-15,17,21-22,25,28H,4,8-9,16H2,1H3,(H,29,30)(H,31,32). The number of benzene rings is 3. The van der Waals surface area contributed by atoms with Gasteiger partial charge in [-0.2, -0.15) is 0 Å². The fourth-order valence-electron chi connectivity index (χ4n) is 5.07. The molecule has 3 unspecified atom stereocenters. The highest BCUT2D eigenvalue weighted by atomic mass is 16.4. The summed E-state index contributed by atoms with van der Waals surface area (Å²) in [7, 11) is 0. The van der Waals surface area contributed by atoms with Crippen molar-refractivity contribution in [3.8, 4) is 0 Å². The van der Waals surface area contributed by atoms with Gasteiger partial charge in [-0.15, -0.1) is 0 Å². The Morgan fingerprint density at radius 3 is 2.31 bits per heavy atom. The lowest BCUT2D eigenvalue weighted by Crippen LogP contribution is -2.35. The van der Waals surface area contributed by atoms with Crippen molar-refractivity contribution < 1.29 is 19.8 Å². The van der Waals surface area contributed by atoms with Gasteiger partial charge in [0.05, 0.1) is 0 Å². The molecule has 0 aromatic heterocycles. The molecule has 0 amide bonds. The number of hydrogen-bond acceptors (Lipinski definition) is 3. The highest BCUT2D eigenvalue weighted by Crippen LogP contribution is 2.35. The van der Waals surface area contributed by atoms with Gasteiger partial charge in [-0.25, -0.2) is 0 Å². The average Bonchev–Trinajstić information content (AvgIpc) is 2.79. The molecule has 3 atom stereocenters. The van der Waals surface area contributed by atoms with Gasteiger partial charge < -0.3 is 15.5 Å². The van der Waals surface area contributed by atoms with Crippen molar-refractivity contribution in [3.05, 3.63) is 83.4 Å². The summed E-state index contributed by atoms with van der Waals surface area (Å²) in [6.45, 7) is 2.22. The monoisotopic (exact) mass is 431 g/mol. The van der Waals surface area contributed by atoms with Crippen LogP contribution in [0.5, 0.6) is 0 Å². The minimum Gasteiger partial charge on any atom is -0.480 e. The van der Waals surface area contributed by atoms with Crippen molar-refractivity contribution in [2.75, 3.05) is 0 Å². The van der Waals surface area contributed by atoms with Gasteiger partial charge in [0.15, 0.2) is 5.92 Å². The van der Waals surface area contributed by atoms with E-state index < -0.39 is 17.9 Å². The molecule has 1 saturated carbocycles. The molecule has 0 bridgehead atoms. The van der Waals surface area contributed by atoms with Crippen molar-refractivity contribution in [1.29, 1.82) is 0 Å². The third-order valence-electron chi connectivity index (χ3n) is 6.68. The molecular weight excluding hydrogens is 402 g/mol. The average molecular weight is 432 g/mol. The lowest BCUT2D eigenvalue weighted by atomic mass is 9.80. The van der Waals surface area contributed by atoms with Gasteiger partial charge in [0.1, 0.15) is 0 Å². The summed E-state index contributed by atoms with van der Waals surface area (Å²) in [5, 5.41) is 24.8. The van der Waals surface area contributed by atoms with Gasteiger partial charge in [0, 0.05) is 12.1 Å². The second kappa shape index (κ2) is 9.53. The van der Waals surface area contributed by atoms with Gasteiger partial charge in [-0.3, -0.25) is 9.59 Å². The highest BCUT2D eigenvalue weighted by molar-refractivity contribution is 5.99. The largest absolute Gasteiger partial charge is 0.480 e. The van der Waals surface area contributed by atoms with E-state index in [1.54, 1.807) is 12.1 Å². The topological polar surface area (TPSA) is 86.6 Å². The summed E-state index contributed by atoms with van der Waals surface area (Å²) in [6, 6.07) is 22.6. The van der Waals surface area contributed by atoms with Crippen LogP contribution < -0.4 is 5.32 Å². The molecule has 3 aromatic carbocycles. The molecule has 0 spiro atoms. The quantitative estimate of drug-likeness (QED) is 0.432. The molecular formula is C27H29NO4. The van der Waals surface area contributed by atoms with Gasteiger partial charge in [-0.05, 0) is 59.6 Å². The number of carbonyl (C=O) groups is 2. The summed E-state index contributed by atoms with van der Waals surface area (Å²) < 4.78 is 0. The third-order valence-corrected chi connectivity index (χ3v) is 6.68. The highest BCUT2D eigenvalue weighted by Gasteiger charge is 2.29. The Hall–Kier alpha value is -3.18. The number of carboxylic acids is 2. The molecule has 1 aliphatic carbocycles. The fraction of sp³-hybridized carbons (Fsp3) is 0.333. The summed E-state index contributed by atoms with van der Waals surface area (Å²) in [6.07, 6.45) is 4.35. The van der Waals surface area contributed by atoms with Crippen LogP contribution in [0.4, 0.5) is 0 Å². The number of hydrogen-bond donors (Lipinski definition) is 3. The molecule has 0 aliphatic heterocycles. The van der Waals surface area contributed by atoms with Crippen molar-refractivity contribution in [2.24, 2.45) is 0 Å². The normalized spacial score (nSPS) is 19.7. The molecule has 166 valence electrons. The number of fused-ring (bicyclic) bond motifs is 1. The van der Waals surface area contributed by atoms with Crippen molar-refractivity contribution >= 4 is 22.7 Å². The first-order valence-electron chi connectivity index (χ1n) is 11.2. The van der Waals surface area contributed by atoms with Crippen LogP contribution in [-0.4, -0.2) is 28.2 Å². The van der Waals surface area contributed by atoms with Crippen molar-refractivity contribution in [2.45, 2.75) is 56.5 Å². The molecule has 3 N–H and O–H groups in total. The van der Waals surface area contributed by atoms with Gasteiger partial charge >= 0.3 is 11.9 Å². The zero-order valence-corrected chi connectivity index (χ0v) is 18.2. The zero-order chi connectivity index (χ0) is 22.7. The lowest BCUT2D eigenvalue weighted by Gasteiger charge is -2.32. The van der Waals surface area contributed by atoms with Crippen LogP contribution in [0.15, 0.2) is 66.7 Å². The Balaban J connectivity index is 1.45. The summed E-state index contributed by atoms with van der Waals surface area (Å²) in [5.41, 5.74) is 2.76. The minimum atomic E-state index is -1.52. The smallest absolute Gasteiger partial charge is 0.322 e. The van der Waals surface area contributed by atoms with Crippen molar-refractivity contribution in [3.63, 3.8) is 0 Å². The molecule has 5 heteroatoms. The molecule has 0 heterocycles. The van der Waals surface area contributed by atoms with E-state index in [4.69, 9.17) is 0 Å². The second-order valence-electron chi connectivity index (χ2n) is 8.79. The molecule has 5 nitrogen and oxygen atoms in total. The summed E-state index contributed by atoms with van der Waals surface area (Å²) in [4.78, 5) is 22.6. The predicted octanol–water partition coefficient (Wildman–Crippen LogP) is 5.47. The lowest BCUT2D eigenvalue weighted by molar-refractivity contribution is -0.150. The first kappa shape index (κ1) is 22.0. The van der Waals surface area contributed by atoms with E-state index in [1.807, 2.05) is 12.1 Å². The molecule has 1 fully saturated rings. The summed E-state index contributed by atoms with van der Waals surface area (Å²) >= 11 is 0. The molecule has 0 radical (unpaired) electrons. The second-order valence-corrected chi connectivity index (χ2v) is 8.79. The number of aliphatic carboxylic acids is 2. The summed E-state index contributed by atoms with van der Waals surface area (Å²) in [5.74, 6) is -3.82. The predicted molar refractivity (Wildman–Crippen MR) is 125 cm³/mol. The Morgan fingerprint density at radius 2 is 1.59 bits per heavy atom. The van der Waals surface area contributed by atoms with Crippen LogP contribution in [0.1, 0.15) is 67.2 Å². The Labute approximate surface area is 188 Å². The Morgan fingerprint density at radius 1 is 0.906 bits per heavy atom. The van der Waals surface area contributed by atoms with E-state index in [2.05, 4.69) is 54.7 Å². The van der Waals surface area contributed by atoms with Crippen LogP contribution in [0.3, 0.4) is 0 Å². The van der Waals surface area contributed by atoms with E-state index in [1.165, 1.54) is 16.3 Å². The van der Waals surface area contributed by atoms with Crippen LogP contribution in [0.25, 0.3) is 10.8 Å². The zero-order valence-electron chi connectivity index (χ0n) is 18.2. The Bertz CT molecular complexity index is 1090. The van der Waals surface area contributed by atoms with E-state index in [9.17, 15) is 19.8 Å². The number of rotatable bonds is 7. The molecule has 1 aliphatic rings. The number of carboxylic acid groups (broad SMARTS) is 2. The van der Waals surface area contributed by atoms with Crippen LogP contribution >= 0.6 is 0 Å². The minimum absolute atomic E-state index is 0.235. The van der Waals surface area contributed by atoms with Gasteiger partial charge in [0.2, 0.25) is 0 Å². The first-order valence-corrected chi connectivity index (χ1v) is 11.2. The van der Waals surface area contributed by atoms with Crippen LogP contribution in [0.2, 0.25) is 0 Å². The van der Waals surface area contributed by atoms with Crippen LogP contribution in [0, 0.1) is 0 Å². The van der Waals surface area contributed by atoms with Gasteiger partial charge in [-0.1, -0.05) is 73.2 Å².